The molecule has 0 fully saturated rings. The maximum Gasteiger partial charge on any atom is 0.485 e. The number of hydrogen-bond acceptors (Lipinski definition) is 5. The molecule has 0 spiro atoms. The molecule has 0 bridgehead atoms. The fourth-order valence-electron chi connectivity index (χ4n) is 3.29. The molecule has 0 radical (unpaired) electrons. The van der Waals surface area contributed by atoms with Crippen molar-refractivity contribution in [3.05, 3.63) is 52.5 Å². The van der Waals surface area contributed by atoms with E-state index in [1.165, 1.54) is 0 Å². The molecule has 1 aliphatic carbocycles. The zero-order chi connectivity index (χ0) is 20.6. The summed E-state index contributed by atoms with van der Waals surface area (Å²) >= 11 is 0. The lowest BCUT2D eigenvalue weighted by Gasteiger charge is -2.30. The van der Waals surface area contributed by atoms with Gasteiger partial charge >= 0.3 is 13.1 Å². The minimum Gasteiger partial charge on any atom is -0.476 e. The van der Waals surface area contributed by atoms with Crippen molar-refractivity contribution < 1.29 is 24.3 Å². The standard InChI is InChI=1S/C21H29BO5/c1-13(2)26-19(23)20(5,6)27-18-14(3)11-16(12-15(18)4)21(7)10-8-9-17(21)22(24)25/h8-13,24-25H,1-7H3. The van der Waals surface area contributed by atoms with Crippen LogP contribution < -0.4 is 4.74 Å². The number of hydrogen-bond donors (Lipinski definition) is 2. The van der Waals surface area contributed by atoms with E-state index in [0.29, 0.717) is 11.2 Å². The molecular formula is C21H29BO5. The summed E-state index contributed by atoms with van der Waals surface area (Å²) in [5.41, 5.74) is 1.46. The molecule has 5 nitrogen and oxygen atoms in total. The average Bonchev–Trinajstić information content (AvgIpc) is 2.93. The largest absolute Gasteiger partial charge is 0.485 e. The monoisotopic (exact) mass is 372 g/mol. The first kappa shape index (κ1) is 21.3. The molecule has 0 heterocycles. The Bertz CT molecular complexity index is 769. The van der Waals surface area contributed by atoms with Crippen molar-refractivity contribution in [1.29, 1.82) is 0 Å². The van der Waals surface area contributed by atoms with Crippen LogP contribution in [0.4, 0.5) is 0 Å². The predicted molar refractivity (Wildman–Crippen MR) is 107 cm³/mol. The van der Waals surface area contributed by atoms with Gasteiger partial charge in [0.15, 0.2) is 5.60 Å². The van der Waals surface area contributed by atoms with Gasteiger partial charge in [0.25, 0.3) is 0 Å². The summed E-state index contributed by atoms with van der Waals surface area (Å²) in [4.78, 5) is 12.3. The first-order valence-corrected chi connectivity index (χ1v) is 9.16. The number of esters is 1. The van der Waals surface area contributed by atoms with Crippen molar-refractivity contribution in [3.63, 3.8) is 0 Å². The highest BCUT2D eigenvalue weighted by molar-refractivity contribution is 6.51. The molecule has 1 unspecified atom stereocenters. The molecule has 1 atom stereocenters. The third kappa shape index (κ3) is 4.28. The molecule has 1 aromatic carbocycles. The molecule has 0 amide bonds. The SMILES string of the molecule is Cc1cc(C2(C)C=CC=C2B(O)O)cc(C)c1OC(C)(C)C(=O)OC(C)C. The Balaban J connectivity index is 2.37. The van der Waals surface area contributed by atoms with Gasteiger partial charge in [-0.2, -0.15) is 0 Å². The summed E-state index contributed by atoms with van der Waals surface area (Å²) < 4.78 is 11.3. The van der Waals surface area contributed by atoms with Gasteiger partial charge in [0, 0.05) is 5.41 Å². The number of carbonyl (C=O) groups is 1. The van der Waals surface area contributed by atoms with Crippen LogP contribution in [0.5, 0.6) is 5.75 Å². The molecule has 27 heavy (non-hydrogen) atoms. The van der Waals surface area contributed by atoms with Crippen LogP contribution in [0.25, 0.3) is 0 Å². The first-order valence-electron chi connectivity index (χ1n) is 9.16. The van der Waals surface area contributed by atoms with Gasteiger partial charge in [-0.3, -0.25) is 0 Å². The lowest BCUT2D eigenvalue weighted by molar-refractivity contribution is -0.163. The molecular weight excluding hydrogens is 343 g/mol. The van der Waals surface area contributed by atoms with Crippen LogP contribution in [0.1, 0.15) is 51.3 Å². The summed E-state index contributed by atoms with van der Waals surface area (Å²) in [6, 6.07) is 3.91. The van der Waals surface area contributed by atoms with Crippen molar-refractivity contribution >= 4 is 13.1 Å². The molecule has 0 aliphatic heterocycles. The van der Waals surface area contributed by atoms with E-state index in [2.05, 4.69) is 0 Å². The Kier molecular flexibility index (Phi) is 5.92. The van der Waals surface area contributed by atoms with E-state index in [-0.39, 0.29) is 6.10 Å². The minimum atomic E-state index is -1.52. The number of benzene rings is 1. The number of rotatable bonds is 6. The van der Waals surface area contributed by atoms with E-state index in [1.54, 1.807) is 33.8 Å². The van der Waals surface area contributed by atoms with Crippen LogP contribution in [0.2, 0.25) is 0 Å². The lowest BCUT2D eigenvalue weighted by atomic mass is 9.62. The first-order chi connectivity index (χ1) is 12.4. The molecule has 6 heteroatoms. The maximum atomic E-state index is 12.3. The summed E-state index contributed by atoms with van der Waals surface area (Å²) in [5.74, 6) is 0.213. The van der Waals surface area contributed by atoms with Crippen molar-refractivity contribution in [1.82, 2.24) is 0 Å². The van der Waals surface area contributed by atoms with Crippen LogP contribution in [-0.2, 0) is 14.9 Å². The molecule has 0 aromatic heterocycles. The molecule has 0 saturated carbocycles. The van der Waals surface area contributed by atoms with E-state index in [1.807, 2.05) is 45.1 Å². The van der Waals surface area contributed by atoms with Gasteiger partial charge in [-0.25, -0.2) is 4.79 Å². The number of allylic oxidation sites excluding steroid dienone is 4. The molecule has 2 rings (SSSR count). The van der Waals surface area contributed by atoms with Gasteiger partial charge in [-0.1, -0.05) is 30.4 Å². The molecule has 146 valence electrons. The fourth-order valence-corrected chi connectivity index (χ4v) is 3.29. The Hall–Kier alpha value is -2.05. The van der Waals surface area contributed by atoms with Gasteiger partial charge in [0.1, 0.15) is 5.75 Å². The topological polar surface area (TPSA) is 76.0 Å². The highest BCUT2D eigenvalue weighted by Crippen LogP contribution is 2.41. The van der Waals surface area contributed by atoms with Crippen LogP contribution in [0.15, 0.2) is 35.8 Å². The summed E-state index contributed by atoms with van der Waals surface area (Å²) in [6.45, 7) is 12.8. The second-order valence-corrected chi connectivity index (χ2v) is 8.06. The van der Waals surface area contributed by atoms with Crippen molar-refractivity contribution in [3.8, 4) is 5.75 Å². The van der Waals surface area contributed by atoms with Gasteiger partial charge in [0.2, 0.25) is 0 Å². The Morgan fingerprint density at radius 3 is 2.22 bits per heavy atom. The molecule has 0 saturated heterocycles. The predicted octanol–water partition coefficient (Wildman–Crippen LogP) is 3.18. The molecule has 1 aliphatic rings. The third-order valence-corrected chi connectivity index (χ3v) is 4.83. The number of carbonyl (C=O) groups excluding carboxylic acids is 1. The Labute approximate surface area is 161 Å². The highest BCUT2D eigenvalue weighted by Gasteiger charge is 2.38. The quantitative estimate of drug-likeness (QED) is 0.593. The van der Waals surface area contributed by atoms with E-state index < -0.39 is 24.1 Å². The van der Waals surface area contributed by atoms with Gasteiger partial charge in [0.05, 0.1) is 6.10 Å². The van der Waals surface area contributed by atoms with E-state index in [4.69, 9.17) is 9.47 Å². The van der Waals surface area contributed by atoms with Gasteiger partial charge in [-0.15, -0.1) is 0 Å². The fraction of sp³-hybridized carbons (Fsp3) is 0.476. The van der Waals surface area contributed by atoms with Crippen molar-refractivity contribution in [2.24, 2.45) is 0 Å². The normalized spacial score (nSPS) is 19.3. The average molecular weight is 372 g/mol. The minimum absolute atomic E-state index is 0.214. The second kappa shape index (κ2) is 7.53. The van der Waals surface area contributed by atoms with Crippen molar-refractivity contribution in [2.45, 2.75) is 65.6 Å². The van der Waals surface area contributed by atoms with E-state index >= 15 is 0 Å². The second-order valence-electron chi connectivity index (χ2n) is 8.06. The number of ether oxygens (including phenoxy) is 2. The van der Waals surface area contributed by atoms with Gasteiger partial charge < -0.3 is 19.5 Å². The zero-order valence-electron chi connectivity index (χ0n) is 17.2. The summed E-state index contributed by atoms with van der Waals surface area (Å²) in [5, 5.41) is 19.4. The van der Waals surface area contributed by atoms with Gasteiger partial charge in [-0.05, 0) is 70.6 Å². The van der Waals surface area contributed by atoms with Crippen LogP contribution in [-0.4, -0.2) is 34.8 Å². The molecule has 1 aromatic rings. The zero-order valence-corrected chi connectivity index (χ0v) is 17.2. The van der Waals surface area contributed by atoms with Crippen LogP contribution in [0.3, 0.4) is 0 Å². The van der Waals surface area contributed by atoms with E-state index in [0.717, 1.165) is 16.7 Å². The summed E-state index contributed by atoms with van der Waals surface area (Å²) in [7, 11) is -1.52. The number of aryl methyl sites for hydroxylation is 2. The highest BCUT2D eigenvalue weighted by atomic mass is 16.6. The van der Waals surface area contributed by atoms with E-state index in [9.17, 15) is 14.8 Å². The molecule has 2 N–H and O–H groups in total. The third-order valence-electron chi connectivity index (χ3n) is 4.83. The van der Waals surface area contributed by atoms with Crippen LogP contribution in [0, 0.1) is 13.8 Å². The smallest absolute Gasteiger partial charge is 0.476 e. The Morgan fingerprint density at radius 2 is 1.74 bits per heavy atom. The summed E-state index contributed by atoms with van der Waals surface area (Å²) in [6.07, 6.45) is 5.29. The lowest BCUT2D eigenvalue weighted by Crippen LogP contribution is -2.41. The Morgan fingerprint density at radius 1 is 1.19 bits per heavy atom. The maximum absolute atomic E-state index is 12.3. The van der Waals surface area contributed by atoms with Crippen LogP contribution >= 0.6 is 0 Å². The van der Waals surface area contributed by atoms with Crippen molar-refractivity contribution in [2.75, 3.05) is 0 Å².